The van der Waals surface area contributed by atoms with Crippen molar-refractivity contribution < 1.29 is 4.74 Å². The molecule has 0 atom stereocenters. The van der Waals surface area contributed by atoms with Gasteiger partial charge in [-0.15, -0.1) is 0 Å². The lowest BCUT2D eigenvalue weighted by Gasteiger charge is -2.09. The molecule has 20 heavy (non-hydrogen) atoms. The largest absolute Gasteiger partial charge is 0.384 e. The zero-order chi connectivity index (χ0) is 14.4. The molecular weight excluding hydrogens is 254 g/mol. The van der Waals surface area contributed by atoms with E-state index in [0.717, 1.165) is 5.56 Å². The second-order valence-electron chi connectivity index (χ2n) is 4.39. The van der Waals surface area contributed by atoms with Gasteiger partial charge < -0.3 is 15.8 Å². The van der Waals surface area contributed by atoms with Gasteiger partial charge >= 0.3 is 0 Å². The molecule has 2 aromatic heterocycles. The number of aromatic nitrogens is 3. The molecule has 2 heterocycles. The second kappa shape index (κ2) is 6.81. The van der Waals surface area contributed by atoms with Gasteiger partial charge in [0.25, 0.3) is 0 Å². The highest BCUT2D eigenvalue weighted by atomic mass is 16.5. The topological polar surface area (TPSA) is 86.0 Å². The third-order valence-corrected chi connectivity index (χ3v) is 2.83. The van der Waals surface area contributed by atoms with Crippen LogP contribution in [0.4, 0.5) is 11.6 Å². The maximum absolute atomic E-state index is 5.77. The first-order valence-electron chi connectivity index (χ1n) is 6.53. The molecule has 0 spiro atoms. The van der Waals surface area contributed by atoms with Crippen LogP contribution in [0.1, 0.15) is 23.9 Å². The van der Waals surface area contributed by atoms with Crippen molar-refractivity contribution in [3.05, 3.63) is 41.5 Å². The number of aryl methyl sites for hydroxylation is 1. The summed E-state index contributed by atoms with van der Waals surface area (Å²) < 4.78 is 5.29. The quantitative estimate of drug-likeness (QED) is 0.836. The van der Waals surface area contributed by atoms with Crippen LogP contribution < -0.4 is 11.1 Å². The molecule has 0 unspecified atom stereocenters. The van der Waals surface area contributed by atoms with Crippen molar-refractivity contribution in [3.63, 3.8) is 0 Å². The van der Waals surface area contributed by atoms with Gasteiger partial charge in [-0.1, -0.05) is 0 Å². The molecule has 0 bridgehead atoms. The predicted molar refractivity (Wildman–Crippen MR) is 78.1 cm³/mol. The van der Waals surface area contributed by atoms with Crippen LogP contribution in [-0.4, -0.2) is 21.6 Å². The highest BCUT2D eigenvalue weighted by Crippen LogP contribution is 2.12. The first-order chi connectivity index (χ1) is 9.69. The van der Waals surface area contributed by atoms with Crippen molar-refractivity contribution in [2.45, 2.75) is 27.0 Å². The number of anilines is 2. The van der Waals surface area contributed by atoms with Gasteiger partial charge in [0.2, 0.25) is 0 Å². The minimum Gasteiger partial charge on any atom is -0.384 e. The van der Waals surface area contributed by atoms with Gasteiger partial charge in [-0.25, -0.2) is 9.97 Å². The predicted octanol–water partition coefficient (Wildman–Crippen LogP) is 1.91. The van der Waals surface area contributed by atoms with Crippen LogP contribution in [0.2, 0.25) is 0 Å². The van der Waals surface area contributed by atoms with Crippen LogP contribution in [-0.2, 0) is 17.9 Å². The zero-order valence-corrected chi connectivity index (χ0v) is 11.8. The fourth-order valence-electron chi connectivity index (χ4n) is 1.73. The number of hydrogen-bond acceptors (Lipinski definition) is 6. The fraction of sp³-hybridized carbons (Fsp3) is 0.357. The number of rotatable bonds is 6. The number of ether oxygens (including phenoxy) is 1. The standard InChI is InChI=1S/C14H19N5O/c1-3-20-9-14-18-12(15)6-13(19-14)17-8-11-7-16-5-4-10(11)2/h4-7H,3,8-9H2,1-2H3,(H3,15,17,18,19). The summed E-state index contributed by atoms with van der Waals surface area (Å²) >= 11 is 0. The van der Waals surface area contributed by atoms with E-state index in [1.54, 1.807) is 12.3 Å². The Morgan fingerprint density at radius 3 is 2.95 bits per heavy atom. The molecule has 2 rings (SSSR count). The second-order valence-corrected chi connectivity index (χ2v) is 4.39. The monoisotopic (exact) mass is 273 g/mol. The minimum absolute atomic E-state index is 0.363. The maximum Gasteiger partial charge on any atom is 0.158 e. The van der Waals surface area contributed by atoms with E-state index in [2.05, 4.69) is 20.3 Å². The molecular formula is C14H19N5O. The highest BCUT2D eigenvalue weighted by Gasteiger charge is 2.04. The molecule has 0 saturated heterocycles. The summed E-state index contributed by atoms with van der Waals surface area (Å²) in [6.07, 6.45) is 3.62. The van der Waals surface area contributed by atoms with E-state index >= 15 is 0 Å². The lowest BCUT2D eigenvalue weighted by molar-refractivity contribution is 0.128. The Morgan fingerprint density at radius 1 is 1.35 bits per heavy atom. The molecule has 0 amide bonds. The molecule has 0 aliphatic rings. The summed E-state index contributed by atoms with van der Waals surface area (Å²) in [6.45, 7) is 5.60. The molecule has 0 saturated carbocycles. The molecule has 2 aromatic rings. The van der Waals surface area contributed by atoms with Gasteiger partial charge in [0.1, 0.15) is 18.2 Å². The van der Waals surface area contributed by atoms with Crippen molar-refractivity contribution in [1.82, 2.24) is 15.0 Å². The van der Waals surface area contributed by atoms with Crippen LogP contribution in [0.5, 0.6) is 0 Å². The minimum atomic E-state index is 0.363. The van der Waals surface area contributed by atoms with Crippen molar-refractivity contribution in [2.75, 3.05) is 17.7 Å². The van der Waals surface area contributed by atoms with Crippen molar-refractivity contribution in [3.8, 4) is 0 Å². The molecule has 0 radical (unpaired) electrons. The summed E-state index contributed by atoms with van der Waals surface area (Å²) in [5.41, 5.74) is 8.08. The fourth-order valence-corrected chi connectivity index (χ4v) is 1.73. The van der Waals surface area contributed by atoms with E-state index in [1.165, 1.54) is 5.56 Å². The first kappa shape index (κ1) is 14.2. The van der Waals surface area contributed by atoms with Crippen molar-refractivity contribution in [1.29, 1.82) is 0 Å². The molecule has 0 aromatic carbocycles. The summed E-state index contributed by atoms with van der Waals surface area (Å²) in [7, 11) is 0. The summed E-state index contributed by atoms with van der Waals surface area (Å²) in [6, 6.07) is 3.69. The first-order valence-corrected chi connectivity index (χ1v) is 6.53. The average Bonchev–Trinajstić information content (AvgIpc) is 2.44. The van der Waals surface area contributed by atoms with E-state index in [0.29, 0.717) is 37.2 Å². The number of pyridine rings is 1. The van der Waals surface area contributed by atoms with E-state index in [4.69, 9.17) is 10.5 Å². The lowest BCUT2D eigenvalue weighted by atomic mass is 10.1. The van der Waals surface area contributed by atoms with E-state index < -0.39 is 0 Å². The Kier molecular flexibility index (Phi) is 4.84. The molecule has 6 heteroatoms. The number of nitrogen functional groups attached to an aromatic ring is 1. The van der Waals surface area contributed by atoms with Crippen molar-refractivity contribution in [2.24, 2.45) is 0 Å². The summed E-state index contributed by atoms with van der Waals surface area (Å²) in [4.78, 5) is 12.6. The normalized spacial score (nSPS) is 10.5. The summed E-state index contributed by atoms with van der Waals surface area (Å²) in [5, 5.41) is 3.23. The van der Waals surface area contributed by atoms with Crippen LogP contribution in [0.3, 0.4) is 0 Å². The van der Waals surface area contributed by atoms with Crippen LogP contribution in [0.15, 0.2) is 24.5 Å². The van der Waals surface area contributed by atoms with E-state index in [1.807, 2.05) is 26.1 Å². The SMILES string of the molecule is CCOCc1nc(N)cc(NCc2cnccc2C)n1. The van der Waals surface area contributed by atoms with Gasteiger partial charge in [-0.2, -0.15) is 0 Å². The molecule has 0 aliphatic carbocycles. The Bertz CT molecular complexity index is 573. The Labute approximate surface area is 118 Å². The molecule has 106 valence electrons. The molecule has 0 fully saturated rings. The summed E-state index contributed by atoms with van der Waals surface area (Å²) in [5.74, 6) is 1.70. The van der Waals surface area contributed by atoms with Gasteiger partial charge in [0, 0.05) is 31.6 Å². The Balaban J connectivity index is 2.05. The van der Waals surface area contributed by atoms with Gasteiger partial charge in [-0.3, -0.25) is 4.98 Å². The van der Waals surface area contributed by atoms with Gasteiger partial charge in [-0.05, 0) is 31.0 Å². The smallest absolute Gasteiger partial charge is 0.158 e. The number of hydrogen-bond donors (Lipinski definition) is 2. The van der Waals surface area contributed by atoms with Crippen LogP contribution >= 0.6 is 0 Å². The van der Waals surface area contributed by atoms with E-state index in [9.17, 15) is 0 Å². The number of nitrogens with zero attached hydrogens (tertiary/aromatic N) is 3. The molecule has 3 N–H and O–H groups in total. The Hall–Kier alpha value is -2.21. The van der Waals surface area contributed by atoms with Crippen molar-refractivity contribution >= 4 is 11.6 Å². The number of nitrogens with two attached hydrogens (primary N) is 1. The average molecular weight is 273 g/mol. The lowest BCUT2D eigenvalue weighted by Crippen LogP contribution is -2.08. The van der Waals surface area contributed by atoms with Crippen LogP contribution in [0, 0.1) is 6.92 Å². The van der Waals surface area contributed by atoms with Gasteiger partial charge in [0.15, 0.2) is 5.82 Å². The van der Waals surface area contributed by atoms with Crippen LogP contribution in [0.25, 0.3) is 0 Å². The zero-order valence-electron chi connectivity index (χ0n) is 11.8. The number of nitrogens with one attached hydrogen (secondary N) is 1. The third-order valence-electron chi connectivity index (χ3n) is 2.83. The van der Waals surface area contributed by atoms with E-state index in [-0.39, 0.29) is 0 Å². The Morgan fingerprint density at radius 2 is 2.20 bits per heavy atom. The van der Waals surface area contributed by atoms with Gasteiger partial charge in [0.05, 0.1) is 0 Å². The third kappa shape index (κ3) is 3.89. The maximum atomic E-state index is 5.77. The highest BCUT2D eigenvalue weighted by molar-refractivity contribution is 5.45. The molecule has 6 nitrogen and oxygen atoms in total. The molecule has 0 aliphatic heterocycles.